The Morgan fingerprint density at radius 3 is 2.65 bits per heavy atom. The minimum absolute atomic E-state index is 0.181. The number of nitrogens with zero attached hydrogens (tertiary/aromatic N) is 1. The van der Waals surface area contributed by atoms with Gasteiger partial charge >= 0.3 is 0 Å². The quantitative estimate of drug-likeness (QED) is 0.877. The van der Waals surface area contributed by atoms with Gasteiger partial charge < -0.3 is 10.2 Å². The van der Waals surface area contributed by atoms with E-state index in [1.54, 1.807) is 6.26 Å². The van der Waals surface area contributed by atoms with Crippen LogP contribution >= 0.6 is 15.9 Å². The molecule has 1 saturated carbocycles. The maximum Gasteiger partial charge on any atom is 0.136 e. The van der Waals surface area contributed by atoms with Crippen molar-refractivity contribution in [2.24, 2.45) is 11.7 Å². The van der Waals surface area contributed by atoms with Gasteiger partial charge in [-0.1, -0.05) is 0 Å². The number of hydrogen-bond acceptors (Lipinski definition) is 3. The molecule has 1 aromatic rings. The molecule has 1 unspecified atom stereocenters. The van der Waals surface area contributed by atoms with Crippen molar-refractivity contribution in [3.63, 3.8) is 0 Å². The number of rotatable bonds is 6. The van der Waals surface area contributed by atoms with Crippen LogP contribution in [0.5, 0.6) is 0 Å². The first-order valence-electron chi connectivity index (χ1n) is 6.32. The molecule has 0 amide bonds. The van der Waals surface area contributed by atoms with Crippen LogP contribution in [0.2, 0.25) is 0 Å². The lowest BCUT2D eigenvalue weighted by Gasteiger charge is -2.33. The largest absolute Gasteiger partial charge is 0.466 e. The molecule has 1 fully saturated rings. The normalized spacial score (nSPS) is 18.0. The minimum atomic E-state index is 0.181. The third-order valence-corrected chi connectivity index (χ3v) is 4.06. The Labute approximate surface area is 111 Å². The highest BCUT2D eigenvalue weighted by molar-refractivity contribution is 9.10. The number of nitrogens with two attached hydrogens (primary N) is 1. The van der Waals surface area contributed by atoms with Crippen LogP contribution < -0.4 is 5.73 Å². The number of furan rings is 1. The van der Waals surface area contributed by atoms with Crippen LogP contribution in [0, 0.1) is 5.92 Å². The highest BCUT2D eigenvalue weighted by Crippen LogP contribution is 2.35. The van der Waals surface area contributed by atoms with Crippen LogP contribution in [0.15, 0.2) is 21.2 Å². The Morgan fingerprint density at radius 1 is 1.53 bits per heavy atom. The van der Waals surface area contributed by atoms with Gasteiger partial charge in [0.15, 0.2) is 0 Å². The van der Waals surface area contributed by atoms with Crippen molar-refractivity contribution >= 4 is 15.9 Å². The molecule has 1 atom stereocenters. The molecule has 1 aliphatic carbocycles. The summed E-state index contributed by atoms with van der Waals surface area (Å²) in [6, 6.07) is 2.61. The van der Waals surface area contributed by atoms with Gasteiger partial charge in [-0.25, -0.2) is 0 Å². The molecule has 1 heterocycles. The lowest BCUT2D eigenvalue weighted by atomic mass is 10.1. The van der Waals surface area contributed by atoms with Crippen LogP contribution in [0.1, 0.15) is 38.5 Å². The van der Waals surface area contributed by atoms with Crippen LogP contribution in [-0.4, -0.2) is 24.0 Å². The fourth-order valence-electron chi connectivity index (χ4n) is 2.23. The molecule has 0 aromatic carbocycles. The van der Waals surface area contributed by atoms with Gasteiger partial charge in [-0.3, -0.25) is 4.90 Å². The molecule has 0 bridgehead atoms. The second kappa shape index (κ2) is 5.55. The lowest BCUT2D eigenvalue weighted by molar-refractivity contribution is 0.132. The van der Waals surface area contributed by atoms with Gasteiger partial charge in [0.2, 0.25) is 0 Å². The lowest BCUT2D eigenvalue weighted by Crippen LogP contribution is -2.40. The molecule has 2 rings (SSSR count). The molecule has 17 heavy (non-hydrogen) atoms. The maximum absolute atomic E-state index is 5.95. The van der Waals surface area contributed by atoms with E-state index in [0.29, 0.717) is 12.6 Å². The molecule has 0 spiro atoms. The van der Waals surface area contributed by atoms with E-state index in [9.17, 15) is 0 Å². The molecule has 0 aliphatic heterocycles. The summed E-state index contributed by atoms with van der Waals surface area (Å²) >= 11 is 3.53. The van der Waals surface area contributed by atoms with Crippen molar-refractivity contribution in [1.29, 1.82) is 0 Å². The Balaban J connectivity index is 2.15. The summed E-state index contributed by atoms with van der Waals surface area (Å²) in [5, 5.41) is 0. The first-order valence-corrected chi connectivity index (χ1v) is 7.11. The van der Waals surface area contributed by atoms with Crippen molar-refractivity contribution in [3.8, 4) is 0 Å². The van der Waals surface area contributed by atoms with E-state index < -0.39 is 0 Å². The Kier molecular flexibility index (Phi) is 4.28. The molecule has 0 saturated heterocycles. The van der Waals surface area contributed by atoms with E-state index in [4.69, 9.17) is 10.2 Å². The van der Waals surface area contributed by atoms with E-state index in [2.05, 4.69) is 34.7 Å². The van der Waals surface area contributed by atoms with Gasteiger partial charge in [0, 0.05) is 19.1 Å². The van der Waals surface area contributed by atoms with Crippen LogP contribution in [0.4, 0.5) is 0 Å². The molecular formula is C13H21BrN2O. The van der Waals surface area contributed by atoms with E-state index in [0.717, 1.165) is 22.7 Å². The van der Waals surface area contributed by atoms with E-state index in [1.165, 1.54) is 12.8 Å². The molecule has 3 nitrogen and oxygen atoms in total. The van der Waals surface area contributed by atoms with Crippen molar-refractivity contribution in [1.82, 2.24) is 4.90 Å². The van der Waals surface area contributed by atoms with Crippen molar-refractivity contribution in [3.05, 3.63) is 22.6 Å². The summed E-state index contributed by atoms with van der Waals surface area (Å²) in [7, 11) is 0. The average Bonchev–Trinajstić information content (AvgIpc) is 3.01. The van der Waals surface area contributed by atoms with Gasteiger partial charge in [-0.2, -0.15) is 0 Å². The van der Waals surface area contributed by atoms with Crippen molar-refractivity contribution in [2.45, 2.75) is 38.8 Å². The first-order chi connectivity index (χ1) is 8.13. The third kappa shape index (κ3) is 3.12. The molecule has 0 radical (unpaired) electrons. The summed E-state index contributed by atoms with van der Waals surface area (Å²) < 4.78 is 6.60. The summed E-state index contributed by atoms with van der Waals surface area (Å²) in [6.07, 6.45) is 4.44. The molecule has 96 valence electrons. The van der Waals surface area contributed by atoms with Crippen LogP contribution in [0.3, 0.4) is 0 Å². The number of hydrogen-bond donors (Lipinski definition) is 1. The topological polar surface area (TPSA) is 42.4 Å². The van der Waals surface area contributed by atoms with Crippen molar-refractivity contribution in [2.75, 3.05) is 13.1 Å². The zero-order chi connectivity index (χ0) is 12.4. The fourth-order valence-corrected chi connectivity index (χ4v) is 2.70. The molecule has 2 N–H and O–H groups in total. The Morgan fingerprint density at radius 2 is 2.24 bits per heavy atom. The highest BCUT2D eigenvalue weighted by Gasteiger charge is 2.31. The standard InChI is InChI=1S/C13H21BrN2O/c1-9(2)16(8-10-3-4-10)12(7-15)13-11(14)5-6-17-13/h5-6,9-10,12H,3-4,7-8,15H2,1-2H3. The van der Waals surface area contributed by atoms with E-state index in [1.807, 2.05) is 6.07 Å². The highest BCUT2D eigenvalue weighted by atomic mass is 79.9. The van der Waals surface area contributed by atoms with Gasteiger partial charge in [0.25, 0.3) is 0 Å². The van der Waals surface area contributed by atoms with E-state index >= 15 is 0 Å². The summed E-state index contributed by atoms with van der Waals surface area (Å²) in [6.45, 7) is 6.17. The van der Waals surface area contributed by atoms with Crippen LogP contribution in [0.25, 0.3) is 0 Å². The predicted octanol–water partition coefficient (Wildman–Crippen LogP) is 3.16. The predicted molar refractivity (Wildman–Crippen MR) is 72.8 cm³/mol. The SMILES string of the molecule is CC(C)N(CC1CC1)C(CN)c1occc1Br. The average molecular weight is 301 g/mol. The third-order valence-electron chi connectivity index (χ3n) is 3.40. The zero-order valence-electron chi connectivity index (χ0n) is 10.5. The molecular weight excluding hydrogens is 280 g/mol. The maximum atomic E-state index is 5.95. The van der Waals surface area contributed by atoms with Gasteiger partial charge in [0.1, 0.15) is 5.76 Å². The van der Waals surface area contributed by atoms with Crippen molar-refractivity contribution < 1.29 is 4.42 Å². The Hall–Kier alpha value is -0.320. The number of halogens is 1. The van der Waals surface area contributed by atoms with Gasteiger partial charge in [-0.05, 0) is 54.6 Å². The summed E-state index contributed by atoms with van der Waals surface area (Å²) in [4.78, 5) is 2.46. The van der Waals surface area contributed by atoms with Gasteiger partial charge in [0.05, 0.1) is 16.8 Å². The first kappa shape index (κ1) is 13.1. The second-order valence-corrected chi connectivity index (χ2v) is 5.97. The second-order valence-electron chi connectivity index (χ2n) is 5.12. The molecule has 1 aromatic heterocycles. The van der Waals surface area contributed by atoms with Gasteiger partial charge in [-0.15, -0.1) is 0 Å². The molecule has 1 aliphatic rings. The minimum Gasteiger partial charge on any atom is -0.466 e. The Bertz CT molecular complexity index is 360. The zero-order valence-corrected chi connectivity index (χ0v) is 12.1. The smallest absolute Gasteiger partial charge is 0.136 e. The summed E-state index contributed by atoms with van der Waals surface area (Å²) in [5.41, 5.74) is 5.95. The van der Waals surface area contributed by atoms with E-state index in [-0.39, 0.29) is 6.04 Å². The molecule has 4 heteroatoms. The monoisotopic (exact) mass is 300 g/mol. The fraction of sp³-hybridized carbons (Fsp3) is 0.692. The van der Waals surface area contributed by atoms with Crippen LogP contribution in [-0.2, 0) is 0 Å². The summed E-state index contributed by atoms with van der Waals surface area (Å²) in [5.74, 6) is 1.82.